The topological polar surface area (TPSA) is 88.2 Å². The van der Waals surface area contributed by atoms with Gasteiger partial charge in [0.15, 0.2) is 0 Å². The minimum atomic E-state index is -0.236. The molecule has 1 N–H and O–H groups in total. The Labute approximate surface area is 178 Å². The summed E-state index contributed by atoms with van der Waals surface area (Å²) in [7, 11) is 3.32. The van der Waals surface area contributed by atoms with E-state index in [1.165, 1.54) is 0 Å². The van der Waals surface area contributed by atoms with Gasteiger partial charge in [0.1, 0.15) is 12.4 Å². The number of methoxy groups -OCH3 is 1. The smallest absolute Gasteiger partial charge is 0.257 e. The molecule has 0 radical (unpaired) electrons. The molecule has 0 aromatic heterocycles. The van der Waals surface area contributed by atoms with Gasteiger partial charge in [0.05, 0.1) is 17.7 Å². The van der Waals surface area contributed by atoms with Gasteiger partial charge in [0, 0.05) is 52.2 Å². The summed E-state index contributed by atoms with van der Waals surface area (Å²) in [5.74, 6) is 0.0458. The van der Waals surface area contributed by atoms with Crippen LogP contribution in [0.25, 0.3) is 0 Å². The Balaban J connectivity index is 2.44. The summed E-state index contributed by atoms with van der Waals surface area (Å²) in [6, 6.07) is 4.84. The Morgan fingerprint density at radius 2 is 1.97 bits per heavy atom. The van der Waals surface area contributed by atoms with Crippen LogP contribution in [0.15, 0.2) is 18.2 Å². The van der Waals surface area contributed by atoms with E-state index < -0.39 is 0 Å². The zero-order valence-electron chi connectivity index (χ0n) is 18.7. The summed E-state index contributed by atoms with van der Waals surface area (Å²) in [4.78, 5) is 40.6. The lowest BCUT2D eigenvalue weighted by molar-refractivity contribution is -0.133. The van der Waals surface area contributed by atoms with Crippen LogP contribution in [-0.2, 0) is 14.3 Å². The Bertz CT molecular complexity index is 782. The van der Waals surface area contributed by atoms with Crippen molar-refractivity contribution in [3.63, 3.8) is 0 Å². The number of carbonyl (C=O) groups is 3. The van der Waals surface area contributed by atoms with Gasteiger partial charge in [-0.25, -0.2) is 0 Å². The van der Waals surface area contributed by atoms with E-state index in [1.807, 2.05) is 13.8 Å². The predicted octanol–water partition coefficient (Wildman–Crippen LogP) is 2.39. The number of fused-ring (bicyclic) bond motifs is 1. The number of ether oxygens (including phenoxy) is 2. The van der Waals surface area contributed by atoms with E-state index in [0.717, 1.165) is 0 Å². The van der Waals surface area contributed by atoms with Crippen LogP contribution in [0.4, 0.5) is 5.69 Å². The molecule has 166 valence electrons. The van der Waals surface area contributed by atoms with Gasteiger partial charge in [0.2, 0.25) is 11.8 Å². The van der Waals surface area contributed by atoms with Crippen molar-refractivity contribution in [1.29, 1.82) is 0 Å². The molecule has 1 aliphatic heterocycles. The Hall–Kier alpha value is -2.61. The van der Waals surface area contributed by atoms with Crippen molar-refractivity contribution in [2.24, 2.45) is 5.92 Å². The van der Waals surface area contributed by atoms with E-state index in [9.17, 15) is 14.4 Å². The summed E-state index contributed by atoms with van der Waals surface area (Å²) in [5.41, 5.74) is 0.893. The number of likely N-dealkylation sites (N-methyl/N-ethyl adjacent to an activating group) is 1. The Morgan fingerprint density at radius 1 is 1.27 bits per heavy atom. The monoisotopic (exact) mass is 419 g/mol. The van der Waals surface area contributed by atoms with Crippen molar-refractivity contribution in [3.05, 3.63) is 23.8 Å². The highest BCUT2D eigenvalue weighted by atomic mass is 16.5. The second-order valence-electron chi connectivity index (χ2n) is 7.88. The van der Waals surface area contributed by atoms with Gasteiger partial charge in [-0.2, -0.15) is 0 Å². The summed E-state index contributed by atoms with van der Waals surface area (Å²) < 4.78 is 11.6. The molecule has 1 aromatic carbocycles. The van der Waals surface area contributed by atoms with Gasteiger partial charge >= 0.3 is 0 Å². The summed E-state index contributed by atoms with van der Waals surface area (Å²) >= 11 is 0. The van der Waals surface area contributed by atoms with Crippen molar-refractivity contribution in [2.45, 2.75) is 46.3 Å². The van der Waals surface area contributed by atoms with E-state index in [-0.39, 0.29) is 42.4 Å². The van der Waals surface area contributed by atoms with E-state index in [0.29, 0.717) is 36.5 Å². The number of rotatable bonds is 3. The highest BCUT2D eigenvalue weighted by Gasteiger charge is 2.29. The fraction of sp³-hybridized carbons (Fsp3) is 0.591. The molecular formula is C22H33N3O5. The molecule has 0 unspecified atom stereocenters. The lowest BCUT2D eigenvalue weighted by atomic mass is 10.0. The maximum atomic E-state index is 13.2. The van der Waals surface area contributed by atoms with Crippen LogP contribution in [0.5, 0.6) is 5.75 Å². The fourth-order valence-corrected chi connectivity index (χ4v) is 3.54. The molecule has 8 nitrogen and oxygen atoms in total. The standard InChI is InChI=1S/C22H33N3O5/c1-7-21(27)23-17-8-9-19-18(10-17)22(28)24(5)12-20(29-6)14(2)11-25(16(4)26)15(3)13-30-19/h8-10,14-15,20H,7,11-13H2,1-6H3,(H,23,27)/t14-,15+,20-/m1/s1. The molecule has 0 spiro atoms. The van der Waals surface area contributed by atoms with Crippen LogP contribution in [0.1, 0.15) is 44.5 Å². The first-order valence-electron chi connectivity index (χ1n) is 10.3. The molecular weight excluding hydrogens is 386 g/mol. The second kappa shape index (κ2) is 10.4. The number of amides is 3. The molecule has 3 atom stereocenters. The maximum absolute atomic E-state index is 13.2. The zero-order chi connectivity index (χ0) is 22.4. The fourth-order valence-electron chi connectivity index (χ4n) is 3.54. The molecule has 0 fully saturated rings. The number of anilines is 1. The molecule has 3 amide bonds. The third-order valence-electron chi connectivity index (χ3n) is 5.45. The van der Waals surface area contributed by atoms with E-state index in [4.69, 9.17) is 9.47 Å². The van der Waals surface area contributed by atoms with Crippen molar-refractivity contribution in [3.8, 4) is 5.75 Å². The largest absolute Gasteiger partial charge is 0.491 e. The third-order valence-corrected chi connectivity index (χ3v) is 5.45. The lowest BCUT2D eigenvalue weighted by Gasteiger charge is -2.35. The van der Waals surface area contributed by atoms with Crippen LogP contribution in [0.3, 0.4) is 0 Å². The Morgan fingerprint density at radius 3 is 2.57 bits per heavy atom. The predicted molar refractivity (Wildman–Crippen MR) is 115 cm³/mol. The number of hydrogen-bond acceptors (Lipinski definition) is 5. The maximum Gasteiger partial charge on any atom is 0.257 e. The van der Waals surface area contributed by atoms with Gasteiger partial charge in [-0.1, -0.05) is 13.8 Å². The first kappa shape index (κ1) is 23.7. The van der Waals surface area contributed by atoms with Crippen LogP contribution in [-0.4, -0.2) is 73.5 Å². The minimum absolute atomic E-state index is 0.0191. The minimum Gasteiger partial charge on any atom is -0.491 e. The number of nitrogens with one attached hydrogen (secondary N) is 1. The van der Waals surface area contributed by atoms with Gasteiger partial charge in [0.25, 0.3) is 5.91 Å². The molecule has 0 saturated heterocycles. The van der Waals surface area contributed by atoms with Gasteiger partial charge in [-0.3, -0.25) is 14.4 Å². The molecule has 0 saturated carbocycles. The van der Waals surface area contributed by atoms with Crippen molar-refractivity contribution in [2.75, 3.05) is 39.2 Å². The SMILES string of the molecule is CCC(=O)Nc1ccc2c(c1)C(=O)N(C)C[C@@H](OC)[C@H](C)CN(C(C)=O)[C@@H](C)CO2. The molecule has 0 aliphatic carbocycles. The zero-order valence-corrected chi connectivity index (χ0v) is 18.7. The van der Waals surface area contributed by atoms with E-state index in [1.54, 1.807) is 56.0 Å². The van der Waals surface area contributed by atoms with Crippen LogP contribution in [0.2, 0.25) is 0 Å². The van der Waals surface area contributed by atoms with Crippen molar-refractivity contribution in [1.82, 2.24) is 9.80 Å². The van der Waals surface area contributed by atoms with Gasteiger partial charge < -0.3 is 24.6 Å². The average Bonchev–Trinajstić information content (AvgIpc) is 2.72. The first-order valence-corrected chi connectivity index (χ1v) is 10.3. The van der Waals surface area contributed by atoms with E-state index >= 15 is 0 Å². The molecule has 1 heterocycles. The summed E-state index contributed by atoms with van der Waals surface area (Å²) in [6.07, 6.45) is 0.104. The van der Waals surface area contributed by atoms with Crippen molar-refractivity contribution < 1.29 is 23.9 Å². The van der Waals surface area contributed by atoms with E-state index in [2.05, 4.69) is 5.32 Å². The number of carbonyl (C=O) groups excluding carboxylic acids is 3. The molecule has 2 rings (SSSR count). The third kappa shape index (κ3) is 5.72. The summed E-state index contributed by atoms with van der Waals surface area (Å²) in [5, 5.41) is 2.78. The first-order chi connectivity index (χ1) is 14.2. The quantitative estimate of drug-likeness (QED) is 0.813. The van der Waals surface area contributed by atoms with Crippen molar-refractivity contribution >= 4 is 23.4 Å². The highest BCUT2D eigenvalue weighted by molar-refractivity contribution is 5.99. The average molecular weight is 420 g/mol. The van der Waals surface area contributed by atoms with Crippen LogP contribution in [0, 0.1) is 5.92 Å². The number of hydrogen-bond donors (Lipinski definition) is 1. The normalized spacial score (nSPS) is 23.0. The number of benzene rings is 1. The second-order valence-corrected chi connectivity index (χ2v) is 7.88. The van der Waals surface area contributed by atoms with Gasteiger partial charge in [-0.15, -0.1) is 0 Å². The molecule has 8 heteroatoms. The molecule has 30 heavy (non-hydrogen) atoms. The molecule has 1 aromatic rings. The summed E-state index contributed by atoms with van der Waals surface area (Å²) in [6.45, 7) is 8.35. The molecule has 1 aliphatic rings. The Kier molecular flexibility index (Phi) is 8.23. The molecule has 0 bridgehead atoms. The van der Waals surface area contributed by atoms with Gasteiger partial charge in [-0.05, 0) is 25.1 Å². The highest BCUT2D eigenvalue weighted by Crippen LogP contribution is 2.26. The lowest BCUT2D eigenvalue weighted by Crippen LogP contribution is -2.48. The van der Waals surface area contributed by atoms with Crippen LogP contribution < -0.4 is 10.1 Å². The van der Waals surface area contributed by atoms with Crippen LogP contribution >= 0.6 is 0 Å². The number of nitrogens with zero attached hydrogens (tertiary/aromatic N) is 2.